The van der Waals surface area contributed by atoms with E-state index in [4.69, 9.17) is 0 Å². The van der Waals surface area contributed by atoms with Gasteiger partial charge in [-0.1, -0.05) is 18.2 Å². The highest BCUT2D eigenvalue weighted by atomic mass is 16.2. The fraction of sp³-hybridized carbons (Fsp3) is 0.417. The lowest BCUT2D eigenvalue weighted by atomic mass is 10.1. The van der Waals surface area contributed by atoms with Crippen LogP contribution in [0.25, 0.3) is 0 Å². The van der Waals surface area contributed by atoms with Gasteiger partial charge in [-0.15, -0.1) is 0 Å². The SMILES string of the molecule is Cc1cccc(NC(=O)CC2C(=O)NCCN2C(=O)CN2CCN(c3ccccn3)CC2)c1. The first kappa shape index (κ1) is 22.7. The Hall–Kier alpha value is -3.46. The van der Waals surface area contributed by atoms with Crippen LogP contribution in [0.1, 0.15) is 12.0 Å². The smallest absolute Gasteiger partial charge is 0.243 e. The van der Waals surface area contributed by atoms with E-state index in [-0.39, 0.29) is 30.7 Å². The molecule has 1 atom stereocenters. The number of hydrogen-bond acceptors (Lipinski definition) is 6. The zero-order valence-corrected chi connectivity index (χ0v) is 18.9. The molecule has 1 aromatic heterocycles. The highest BCUT2D eigenvalue weighted by molar-refractivity contribution is 5.97. The summed E-state index contributed by atoms with van der Waals surface area (Å²) < 4.78 is 0. The van der Waals surface area contributed by atoms with Crippen LogP contribution in [-0.2, 0) is 14.4 Å². The molecule has 9 heteroatoms. The van der Waals surface area contributed by atoms with Crippen LogP contribution >= 0.6 is 0 Å². The second-order valence-corrected chi connectivity index (χ2v) is 8.47. The molecule has 1 unspecified atom stereocenters. The number of anilines is 2. The van der Waals surface area contributed by atoms with Crippen molar-refractivity contribution in [3.63, 3.8) is 0 Å². The molecule has 0 spiro atoms. The molecule has 4 rings (SSSR count). The van der Waals surface area contributed by atoms with E-state index in [0.29, 0.717) is 18.8 Å². The van der Waals surface area contributed by atoms with E-state index in [9.17, 15) is 14.4 Å². The number of amides is 3. The molecule has 33 heavy (non-hydrogen) atoms. The van der Waals surface area contributed by atoms with Crippen molar-refractivity contribution in [3.05, 3.63) is 54.2 Å². The number of aromatic nitrogens is 1. The van der Waals surface area contributed by atoms with Crippen LogP contribution in [0.2, 0.25) is 0 Å². The zero-order valence-electron chi connectivity index (χ0n) is 18.9. The van der Waals surface area contributed by atoms with Crippen molar-refractivity contribution in [1.82, 2.24) is 20.1 Å². The average molecular weight is 451 g/mol. The number of carbonyl (C=O) groups excluding carboxylic acids is 3. The first-order valence-electron chi connectivity index (χ1n) is 11.3. The second-order valence-electron chi connectivity index (χ2n) is 8.47. The van der Waals surface area contributed by atoms with Gasteiger partial charge in [0.05, 0.1) is 13.0 Å². The topological polar surface area (TPSA) is 97.9 Å². The van der Waals surface area contributed by atoms with Gasteiger partial charge >= 0.3 is 0 Å². The van der Waals surface area contributed by atoms with Gasteiger partial charge in [0.25, 0.3) is 0 Å². The maximum Gasteiger partial charge on any atom is 0.243 e. The van der Waals surface area contributed by atoms with Gasteiger partial charge in [-0.2, -0.15) is 0 Å². The van der Waals surface area contributed by atoms with Crippen LogP contribution in [0.4, 0.5) is 11.5 Å². The maximum absolute atomic E-state index is 13.1. The maximum atomic E-state index is 13.1. The highest BCUT2D eigenvalue weighted by Crippen LogP contribution is 2.16. The molecule has 174 valence electrons. The number of aryl methyl sites for hydroxylation is 1. The molecular weight excluding hydrogens is 420 g/mol. The Kier molecular flexibility index (Phi) is 7.19. The molecule has 2 saturated heterocycles. The fourth-order valence-corrected chi connectivity index (χ4v) is 4.28. The third-order valence-corrected chi connectivity index (χ3v) is 6.04. The van der Waals surface area contributed by atoms with Crippen molar-refractivity contribution < 1.29 is 14.4 Å². The predicted molar refractivity (Wildman–Crippen MR) is 126 cm³/mol. The quantitative estimate of drug-likeness (QED) is 0.678. The number of carbonyl (C=O) groups is 3. The number of nitrogens with one attached hydrogen (secondary N) is 2. The van der Waals surface area contributed by atoms with Gasteiger partial charge < -0.3 is 20.4 Å². The molecule has 3 heterocycles. The number of hydrogen-bond donors (Lipinski definition) is 2. The standard InChI is InChI=1S/C24H30N6O3/c1-18-5-4-6-19(15-18)27-22(31)16-20-24(33)26-9-10-30(20)23(32)17-28-11-13-29(14-12-28)21-7-2-3-8-25-21/h2-8,15,20H,9-14,16-17H2,1H3,(H,26,33)(H,27,31). The lowest BCUT2D eigenvalue weighted by Gasteiger charge is -2.38. The van der Waals surface area contributed by atoms with Crippen LogP contribution < -0.4 is 15.5 Å². The summed E-state index contributed by atoms with van der Waals surface area (Å²) >= 11 is 0. The molecule has 2 aliphatic rings. The molecule has 2 N–H and O–H groups in total. The monoisotopic (exact) mass is 450 g/mol. The average Bonchev–Trinajstić information content (AvgIpc) is 2.81. The van der Waals surface area contributed by atoms with Crippen molar-refractivity contribution in [2.24, 2.45) is 0 Å². The van der Waals surface area contributed by atoms with Gasteiger partial charge in [0.15, 0.2) is 0 Å². The van der Waals surface area contributed by atoms with E-state index < -0.39 is 6.04 Å². The van der Waals surface area contributed by atoms with Gasteiger partial charge in [0, 0.05) is 51.2 Å². The Morgan fingerprint density at radius 3 is 2.64 bits per heavy atom. The summed E-state index contributed by atoms with van der Waals surface area (Å²) in [6.45, 7) is 6.02. The van der Waals surface area contributed by atoms with E-state index in [1.807, 2.05) is 43.3 Å². The van der Waals surface area contributed by atoms with Crippen molar-refractivity contribution in [2.45, 2.75) is 19.4 Å². The van der Waals surface area contributed by atoms with Crippen molar-refractivity contribution in [2.75, 3.05) is 56.0 Å². The molecule has 1 aromatic carbocycles. The summed E-state index contributed by atoms with van der Waals surface area (Å²) in [5.74, 6) is 0.249. The van der Waals surface area contributed by atoms with E-state index in [1.54, 1.807) is 17.2 Å². The first-order valence-corrected chi connectivity index (χ1v) is 11.3. The van der Waals surface area contributed by atoms with E-state index >= 15 is 0 Å². The molecule has 9 nitrogen and oxygen atoms in total. The summed E-state index contributed by atoms with van der Waals surface area (Å²) in [4.78, 5) is 48.5. The van der Waals surface area contributed by atoms with E-state index in [2.05, 4.69) is 25.4 Å². The van der Waals surface area contributed by atoms with Crippen molar-refractivity contribution in [1.29, 1.82) is 0 Å². The molecule has 3 amide bonds. The normalized spacial score (nSPS) is 19.2. The van der Waals surface area contributed by atoms with Crippen LogP contribution in [0.15, 0.2) is 48.7 Å². The number of benzene rings is 1. The largest absolute Gasteiger partial charge is 0.354 e. The molecule has 0 aliphatic carbocycles. The summed E-state index contributed by atoms with van der Waals surface area (Å²) in [5.41, 5.74) is 1.71. The van der Waals surface area contributed by atoms with Crippen LogP contribution in [0.3, 0.4) is 0 Å². The minimum atomic E-state index is -0.800. The Morgan fingerprint density at radius 2 is 1.91 bits per heavy atom. The molecule has 0 saturated carbocycles. The minimum Gasteiger partial charge on any atom is -0.354 e. The van der Waals surface area contributed by atoms with Crippen LogP contribution in [0.5, 0.6) is 0 Å². The van der Waals surface area contributed by atoms with Gasteiger partial charge in [-0.25, -0.2) is 4.98 Å². The zero-order chi connectivity index (χ0) is 23.2. The van der Waals surface area contributed by atoms with E-state index in [0.717, 1.165) is 37.6 Å². The van der Waals surface area contributed by atoms with E-state index in [1.165, 1.54) is 0 Å². The molecule has 0 bridgehead atoms. The van der Waals surface area contributed by atoms with Gasteiger partial charge in [-0.05, 0) is 36.8 Å². The lowest BCUT2D eigenvalue weighted by Crippen LogP contribution is -2.60. The fourth-order valence-electron chi connectivity index (χ4n) is 4.28. The summed E-state index contributed by atoms with van der Waals surface area (Å²) in [6, 6.07) is 12.5. The lowest BCUT2D eigenvalue weighted by molar-refractivity contribution is -0.145. The Morgan fingerprint density at radius 1 is 1.09 bits per heavy atom. The van der Waals surface area contributed by atoms with Gasteiger partial charge in [0.2, 0.25) is 17.7 Å². The summed E-state index contributed by atoms with van der Waals surface area (Å²) in [5, 5.41) is 5.62. The molecule has 2 aromatic rings. The third kappa shape index (κ3) is 5.87. The van der Waals surface area contributed by atoms with Crippen molar-refractivity contribution >= 4 is 29.2 Å². The number of nitrogens with zero attached hydrogens (tertiary/aromatic N) is 4. The summed E-state index contributed by atoms with van der Waals surface area (Å²) in [7, 11) is 0. The molecular formula is C24H30N6O3. The van der Waals surface area contributed by atoms with Gasteiger partial charge in [-0.3, -0.25) is 19.3 Å². The van der Waals surface area contributed by atoms with Crippen molar-refractivity contribution in [3.8, 4) is 0 Å². The second kappa shape index (κ2) is 10.4. The highest BCUT2D eigenvalue weighted by Gasteiger charge is 2.35. The number of rotatable bonds is 6. The summed E-state index contributed by atoms with van der Waals surface area (Å²) in [6.07, 6.45) is 1.71. The minimum absolute atomic E-state index is 0.0705. The van der Waals surface area contributed by atoms with Crippen LogP contribution in [-0.4, -0.2) is 84.4 Å². The molecule has 0 radical (unpaired) electrons. The Balaban J connectivity index is 1.32. The molecule has 2 fully saturated rings. The predicted octanol–water partition coefficient (Wildman–Crippen LogP) is 0.868. The Bertz CT molecular complexity index is 991. The van der Waals surface area contributed by atoms with Crippen LogP contribution in [0, 0.1) is 6.92 Å². The number of pyridine rings is 1. The molecule has 2 aliphatic heterocycles. The Labute approximate surface area is 193 Å². The number of piperazine rings is 2. The first-order chi connectivity index (χ1) is 16.0. The third-order valence-electron chi connectivity index (χ3n) is 6.04. The van der Waals surface area contributed by atoms with Gasteiger partial charge in [0.1, 0.15) is 11.9 Å².